The number of nitrogens with zero attached hydrogens (tertiary/aromatic N) is 3. The highest BCUT2D eigenvalue weighted by Gasteiger charge is 2.25. The lowest BCUT2D eigenvalue weighted by Crippen LogP contribution is -2.45. The lowest BCUT2D eigenvalue weighted by molar-refractivity contribution is -0.129. The molecule has 0 bridgehead atoms. The number of halogens is 1. The Morgan fingerprint density at radius 2 is 2.19 bits per heavy atom. The zero-order chi connectivity index (χ0) is 18.9. The van der Waals surface area contributed by atoms with E-state index in [9.17, 15) is 4.79 Å². The largest absolute Gasteiger partial charge is 0.475 e. The molecule has 1 aliphatic heterocycles. The minimum Gasteiger partial charge on any atom is -0.475 e. The van der Waals surface area contributed by atoms with Crippen LogP contribution in [0, 0.1) is 0 Å². The second-order valence-electron chi connectivity index (χ2n) is 6.69. The lowest BCUT2D eigenvalue weighted by Gasteiger charge is -2.18. The van der Waals surface area contributed by atoms with Crippen LogP contribution in [0.25, 0.3) is 0 Å². The fourth-order valence-electron chi connectivity index (χ4n) is 2.83. The molecule has 2 rings (SSSR count). The van der Waals surface area contributed by atoms with Crippen molar-refractivity contribution < 1.29 is 9.53 Å². The van der Waals surface area contributed by atoms with Gasteiger partial charge in [0.25, 0.3) is 0 Å². The first-order valence-corrected chi connectivity index (χ1v) is 9.46. The average Bonchev–Trinajstić information content (AvgIpc) is 3.08. The molecule has 7 nitrogen and oxygen atoms in total. The number of likely N-dealkylation sites (tertiary alicyclic amines) is 1. The predicted molar refractivity (Wildman–Crippen MR) is 119 cm³/mol. The van der Waals surface area contributed by atoms with Gasteiger partial charge in [0.2, 0.25) is 11.8 Å². The van der Waals surface area contributed by atoms with Crippen LogP contribution in [0.4, 0.5) is 0 Å². The van der Waals surface area contributed by atoms with Crippen LogP contribution in [0.1, 0.15) is 46.1 Å². The van der Waals surface area contributed by atoms with E-state index in [-0.39, 0.29) is 42.0 Å². The van der Waals surface area contributed by atoms with Crippen LogP contribution < -0.4 is 15.4 Å². The van der Waals surface area contributed by atoms with Crippen LogP contribution in [0.2, 0.25) is 0 Å². The summed E-state index contributed by atoms with van der Waals surface area (Å²) < 4.78 is 5.56. The number of rotatable bonds is 7. The van der Waals surface area contributed by atoms with E-state index in [1.54, 1.807) is 6.20 Å². The molecule has 1 amide bonds. The summed E-state index contributed by atoms with van der Waals surface area (Å²) in [6.07, 6.45) is 3.41. The van der Waals surface area contributed by atoms with Crippen LogP contribution in [0.15, 0.2) is 23.3 Å². The number of carbonyl (C=O) groups is 1. The molecule has 1 unspecified atom stereocenters. The molecule has 0 aliphatic carbocycles. The lowest BCUT2D eigenvalue weighted by atomic mass is 10.2. The molecule has 1 aliphatic rings. The van der Waals surface area contributed by atoms with Crippen molar-refractivity contribution in [3.8, 4) is 5.88 Å². The van der Waals surface area contributed by atoms with E-state index in [0.29, 0.717) is 18.8 Å². The van der Waals surface area contributed by atoms with Crippen molar-refractivity contribution in [1.82, 2.24) is 20.5 Å². The molecule has 0 radical (unpaired) electrons. The Hall–Kier alpha value is -1.58. The Morgan fingerprint density at radius 1 is 1.41 bits per heavy atom. The van der Waals surface area contributed by atoms with Crippen LogP contribution in [-0.4, -0.2) is 53.5 Å². The number of hydrogen-bond donors (Lipinski definition) is 2. The molecular weight excluding hydrogens is 457 g/mol. The Kier molecular flexibility index (Phi) is 10.4. The quantitative estimate of drug-likeness (QED) is 0.350. The number of nitrogens with one attached hydrogen (secondary N) is 2. The highest BCUT2D eigenvalue weighted by molar-refractivity contribution is 14.0. The number of carbonyl (C=O) groups excluding carboxylic acids is 1. The van der Waals surface area contributed by atoms with E-state index in [0.717, 1.165) is 37.6 Å². The third kappa shape index (κ3) is 7.90. The van der Waals surface area contributed by atoms with Gasteiger partial charge in [-0.25, -0.2) is 9.98 Å². The molecule has 2 N–H and O–H groups in total. The zero-order valence-electron chi connectivity index (χ0n) is 16.7. The average molecular weight is 489 g/mol. The van der Waals surface area contributed by atoms with Gasteiger partial charge in [0.15, 0.2) is 5.96 Å². The predicted octanol–water partition coefficient (Wildman–Crippen LogP) is 2.55. The third-order valence-corrected chi connectivity index (χ3v) is 4.10. The number of aliphatic imine (C=N–C) groups is 1. The van der Waals surface area contributed by atoms with E-state index < -0.39 is 0 Å². The van der Waals surface area contributed by atoms with Crippen molar-refractivity contribution in [1.29, 1.82) is 0 Å². The first kappa shape index (κ1) is 23.5. The maximum atomic E-state index is 11.8. The molecule has 27 heavy (non-hydrogen) atoms. The van der Waals surface area contributed by atoms with Gasteiger partial charge in [0.05, 0.1) is 12.6 Å². The van der Waals surface area contributed by atoms with E-state index in [4.69, 9.17) is 4.74 Å². The van der Waals surface area contributed by atoms with Crippen LogP contribution in [0.3, 0.4) is 0 Å². The van der Waals surface area contributed by atoms with Gasteiger partial charge < -0.3 is 20.3 Å². The Morgan fingerprint density at radius 3 is 2.78 bits per heavy atom. The van der Waals surface area contributed by atoms with Crippen LogP contribution >= 0.6 is 24.0 Å². The number of ether oxygens (including phenoxy) is 1. The van der Waals surface area contributed by atoms with Gasteiger partial charge in [-0.3, -0.25) is 4.79 Å². The summed E-state index contributed by atoms with van der Waals surface area (Å²) in [6, 6.07) is 4.09. The summed E-state index contributed by atoms with van der Waals surface area (Å²) >= 11 is 0. The summed E-state index contributed by atoms with van der Waals surface area (Å²) in [6.45, 7) is 10.8. The standard InChI is InChI=1S/C19H31N5O2.HI/c1-5-18(25)24-10-9-16(13-24)23-19(20-6-2)22-12-15-7-8-17(21-11-15)26-14(3)4;/h7-8,11,14,16H,5-6,9-10,12-13H2,1-4H3,(H2,20,22,23);1H. The molecule has 1 aromatic rings. The highest BCUT2D eigenvalue weighted by Crippen LogP contribution is 2.12. The summed E-state index contributed by atoms with van der Waals surface area (Å²) in [5.41, 5.74) is 1.02. The van der Waals surface area contributed by atoms with E-state index >= 15 is 0 Å². The summed E-state index contributed by atoms with van der Waals surface area (Å²) in [5.74, 6) is 1.61. The van der Waals surface area contributed by atoms with Crippen molar-refractivity contribution in [2.45, 2.75) is 59.2 Å². The van der Waals surface area contributed by atoms with E-state index in [1.165, 1.54) is 0 Å². The number of aromatic nitrogens is 1. The van der Waals surface area contributed by atoms with Crippen molar-refractivity contribution in [2.75, 3.05) is 19.6 Å². The molecule has 1 atom stereocenters. The van der Waals surface area contributed by atoms with E-state index in [1.807, 2.05) is 44.7 Å². The van der Waals surface area contributed by atoms with Gasteiger partial charge in [-0.2, -0.15) is 0 Å². The SMILES string of the molecule is CCNC(=NCc1ccc(OC(C)C)nc1)NC1CCN(C(=O)CC)C1.I. The molecule has 1 saturated heterocycles. The van der Waals surface area contributed by atoms with Gasteiger partial charge in [-0.1, -0.05) is 13.0 Å². The van der Waals surface area contributed by atoms with E-state index in [2.05, 4.69) is 20.6 Å². The molecular formula is C19H32IN5O2. The second-order valence-corrected chi connectivity index (χ2v) is 6.69. The van der Waals surface area contributed by atoms with Gasteiger partial charge in [0.1, 0.15) is 0 Å². The third-order valence-electron chi connectivity index (χ3n) is 4.10. The van der Waals surface area contributed by atoms with Crippen LogP contribution in [0.5, 0.6) is 5.88 Å². The maximum absolute atomic E-state index is 11.8. The molecule has 0 saturated carbocycles. The first-order valence-electron chi connectivity index (χ1n) is 9.46. The first-order chi connectivity index (χ1) is 12.5. The Balaban J connectivity index is 0.00000364. The fourth-order valence-corrected chi connectivity index (χ4v) is 2.83. The molecule has 8 heteroatoms. The minimum absolute atomic E-state index is 0. The molecule has 0 aromatic carbocycles. The van der Waals surface area contributed by atoms with Crippen molar-refractivity contribution in [3.05, 3.63) is 23.9 Å². The van der Waals surface area contributed by atoms with Crippen molar-refractivity contribution in [3.63, 3.8) is 0 Å². The smallest absolute Gasteiger partial charge is 0.222 e. The van der Waals surface area contributed by atoms with Gasteiger partial charge in [0, 0.05) is 44.4 Å². The number of amides is 1. The molecule has 0 spiro atoms. The summed E-state index contributed by atoms with van der Waals surface area (Å²) in [7, 11) is 0. The second kappa shape index (κ2) is 12.0. The summed E-state index contributed by atoms with van der Waals surface area (Å²) in [4.78, 5) is 22.7. The zero-order valence-corrected chi connectivity index (χ0v) is 19.0. The van der Waals surface area contributed by atoms with Crippen LogP contribution in [-0.2, 0) is 11.3 Å². The Bertz CT molecular complexity index is 607. The Labute approximate surface area is 179 Å². The molecule has 1 fully saturated rings. The number of pyridine rings is 1. The highest BCUT2D eigenvalue weighted by atomic mass is 127. The van der Waals surface area contributed by atoms with Gasteiger partial charge in [-0.05, 0) is 32.8 Å². The van der Waals surface area contributed by atoms with Gasteiger partial charge in [-0.15, -0.1) is 24.0 Å². The normalized spacial score (nSPS) is 16.9. The topological polar surface area (TPSA) is 78.9 Å². The van der Waals surface area contributed by atoms with Gasteiger partial charge >= 0.3 is 0 Å². The number of guanidine groups is 1. The monoisotopic (exact) mass is 489 g/mol. The summed E-state index contributed by atoms with van der Waals surface area (Å²) in [5, 5.41) is 6.70. The maximum Gasteiger partial charge on any atom is 0.222 e. The fraction of sp³-hybridized carbons (Fsp3) is 0.632. The minimum atomic E-state index is 0. The van der Waals surface area contributed by atoms with Crippen molar-refractivity contribution in [2.24, 2.45) is 4.99 Å². The molecule has 152 valence electrons. The number of hydrogen-bond acceptors (Lipinski definition) is 4. The molecule has 1 aromatic heterocycles. The molecule has 2 heterocycles. The van der Waals surface area contributed by atoms with Crippen molar-refractivity contribution >= 4 is 35.8 Å².